The minimum atomic E-state index is -0.0257. The second kappa shape index (κ2) is 6.13. The lowest BCUT2D eigenvalue weighted by Crippen LogP contribution is -2.47. The van der Waals surface area contributed by atoms with Crippen molar-refractivity contribution >= 4 is 23.0 Å². The number of hydrogen-bond acceptors (Lipinski definition) is 1. The summed E-state index contributed by atoms with van der Waals surface area (Å²) in [7, 11) is 0. The summed E-state index contributed by atoms with van der Waals surface area (Å²) in [4.78, 5) is 0. The molecule has 0 bridgehead atoms. The number of thiocarbonyl (C=S) groups is 1. The molecule has 0 atom stereocenters. The first-order valence-corrected chi connectivity index (χ1v) is 7.56. The van der Waals surface area contributed by atoms with Gasteiger partial charge < -0.3 is 10.6 Å². The fraction of sp³-hybridized carbons (Fsp3) is 0.588. The summed E-state index contributed by atoms with van der Waals surface area (Å²) >= 11 is 5.43. The van der Waals surface area contributed by atoms with Crippen molar-refractivity contribution in [2.75, 3.05) is 5.32 Å². The third kappa shape index (κ3) is 5.91. The number of nitrogens with one attached hydrogen (secondary N) is 2. The number of aryl methyl sites for hydroxylation is 2. The highest BCUT2D eigenvalue weighted by Gasteiger charge is 2.25. The molecular weight excluding hydrogens is 264 g/mol. The Morgan fingerprint density at radius 1 is 1.05 bits per heavy atom. The van der Waals surface area contributed by atoms with Crippen LogP contribution in [-0.2, 0) is 0 Å². The van der Waals surface area contributed by atoms with Crippen LogP contribution in [0.25, 0.3) is 0 Å². The Balaban J connectivity index is 2.65. The van der Waals surface area contributed by atoms with Crippen LogP contribution in [0.1, 0.15) is 52.2 Å². The van der Waals surface area contributed by atoms with Crippen LogP contribution in [0.4, 0.5) is 5.69 Å². The van der Waals surface area contributed by atoms with Gasteiger partial charge in [0, 0.05) is 11.2 Å². The Bertz CT molecular complexity index is 484. The van der Waals surface area contributed by atoms with E-state index in [2.05, 4.69) is 77.3 Å². The van der Waals surface area contributed by atoms with Crippen LogP contribution < -0.4 is 10.6 Å². The lowest BCUT2D eigenvalue weighted by Gasteiger charge is -2.34. The smallest absolute Gasteiger partial charge is 0.171 e. The van der Waals surface area contributed by atoms with Crippen LogP contribution in [0, 0.1) is 19.3 Å². The lowest BCUT2D eigenvalue weighted by atomic mass is 9.82. The molecule has 0 aliphatic carbocycles. The van der Waals surface area contributed by atoms with Crippen molar-refractivity contribution in [2.45, 2.75) is 60.4 Å². The maximum Gasteiger partial charge on any atom is 0.171 e. The highest BCUT2D eigenvalue weighted by molar-refractivity contribution is 7.80. The summed E-state index contributed by atoms with van der Waals surface area (Å²) < 4.78 is 0. The zero-order valence-electron chi connectivity index (χ0n) is 13.8. The summed E-state index contributed by atoms with van der Waals surface area (Å²) in [6.07, 6.45) is 1.05. The molecule has 0 aromatic heterocycles. The summed E-state index contributed by atoms with van der Waals surface area (Å²) in [5.74, 6) is 0. The van der Waals surface area contributed by atoms with Gasteiger partial charge in [-0.25, -0.2) is 0 Å². The average molecular weight is 292 g/mol. The lowest BCUT2D eigenvalue weighted by molar-refractivity contribution is 0.268. The number of rotatable bonds is 3. The standard InChI is InChI=1S/C17H28N2S/c1-12-8-9-14(10-13(12)2)18-15(20)19-17(6,7)11-16(3,4)5/h8-10H,11H2,1-7H3,(H2,18,19,20). The van der Waals surface area contributed by atoms with Gasteiger partial charge in [0.1, 0.15) is 0 Å². The topological polar surface area (TPSA) is 24.1 Å². The molecule has 112 valence electrons. The molecule has 0 saturated carbocycles. The second-order valence-electron chi connectivity index (χ2n) is 7.50. The predicted octanol–water partition coefficient (Wildman–Crippen LogP) is 4.80. The second-order valence-corrected chi connectivity index (χ2v) is 7.91. The maximum absolute atomic E-state index is 5.43. The highest BCUT2D eigenvalue weighted by atomic mass is 32.1. The normalized spacial score (nSPS) is 12.2. The summed E-state index contributed by atoms with van der Waals surface area (Å²) in [6, 6.07) is 6.30. The monoisotopic (exact) mass is 292 g/mol. The Morgan fingerprint density at radius 3 is 2.15 bits per heavy atom. The first kappa shape index (κ1) is 17.0. The maximum atomic E-state index is 5.43. The molecule has 0 fully saturated rings. The number of benzene rings is 1. The van der Waals surface area contributed by atoms with E-state index in [9.17, 15) is 0 Å². The van der Waals surface area contributed by atoms with Crippen LogP contribution in [0.15, 0.2) is 18.2 Å². The molecule has 1 rings (SSSR count). The molecule has 1 aromatic rings. The molecule has 0 aliphatic rings. The molecule has 0 spiro atoms. The third-order valence-electron chi connectivity index (χ3n) is 3.19. The van der Waals surface area contributed by atoms with E-state index >= 15 is 0 Å². The van der Waals surface area contributed by atoms with Gasteiger partial charge in [0.2, 0.25) is 0 Å². The van der Waals surface area contributed by atoms with Crippen molar-refractivity contribution in [3.8, 4) is 0 Å². The van der Waals surface area contributed by atoms with Crippen molar-refractivity contribution in [1.29, 1.82) is 0 Å². The van der Waals surface area contributed by atoms with E-state index in [0.29, 0.717) is 5.11 Å². The minimum absolute atomic E-state index is 0.0257. The van der Waals surface area contributed by atoms with Gasteiger partial charge in [-0.05, 0) is 75.0 Å². The molecule has 3 heteroatoms. The van der Waals surface area contributed by atoms with E-state index in [4.69, 9.17) is 12.2 Å². The zero-order chi connectivity index (χ0) is 15.6. The summed E-state index contributed by atoms with van der Waals surface area (Å²) in [5, 5.41) is 7.37. The summed E-state index contributed by atoms with van der Waals surface area (Å²) in [5.41, 5.74) is 3.85. The van der Waals surface area contributed by atoms with Crippen LogP contribution in [0.2, 0.25) is 0 Å². The van der Waals surface area contributed by atoms with Gasteiger partial charge >= 0.3 is 0 Å². The van der Waals surface area contributed by atoms with Gasteiger partial charge in [-0.15, -0.1) is 0 Å². The third-order valence-corrected chi connectivity index (χ3v) is 3.39. The van der Waals surface area contributed by atoms with E-state index in [1.807, 2.05) is 0 Å². The van der Waals surface area contributed by atoms with Crippen molar-refractivity contribution in [2.24, 2.45) is 5.41 Å². The van der Waals surface area contributed by atoms with E-state index in [1.54, 1.807) is 0 Å². The van der Waals surface area contributed by atoms with Crippen molar-refractivity contribution in [1.82, 2.24) is 5.32 Å². The largest absolute Gasteiger partial charge is 0.358 e. The number of hydrogen-bond donors (Lipinski definition) is 2. The molecule has 0 amide bonds. The Labute approximate surface area is 129 Å². The Morgan fingerprint density at radius 2 is 1.65 bits per heavy atom. The van der Waals surface area contributed by atoms with Gasteiger partial charge in [-0.1, -0.05) is 26.8 Å². The molecule has 20 heavy (non-hydrogen) atoms. The Hall–Kier alpha value is -1.09. The van der Waals surface area contributed by atoms with Crippen LogP contribution in [0.3, 0.4) is 0 Å². The molecule has 0 saturated heterocycles. The minimum Gasteiger partial charge on any atom is -0.358 e. The van der Waals surface area contributed by atoms with Gasteiger partial charge in [0.25, 0.3) is 0 Å². The molecular formula is C17H28N2S. The van der Waals surface area contributed by atoms with E-state index < -0.39 is 0 Å². The zero-order valence-corrected chi connectivity index (χ0v) is 14.7. The van der Waals surface area contributed by atoms with Crippen LogP contribution in [-0.4, -0.2) is 10.7 Å². The van der Waals surface area contributed by atoms with Gasteiger partial charge in [-0.3, -0.25) is 0 Å². The quantitative estimate of drug-likeness (QED) is 0.782. The molecule has 2 N–H and O–H groups in total. The van der Waals surface area contributed by atoms with Crippen molar-refractivity contribution in [3.05, 3.63) is 29.3 Å². The van der Waals surface area contributed by atoms with Gasteiger partial charge in [0.05, 0.1) is 0 Å². The van der Waals surface area contributed by atoms with Crippen LogP contribution in [0.5, 0.6) is 0 Å². The molecule has 0 unspecified atom stereocenters. The number of anilines is 1. The van der Waals surface area contributed by atoms with Crippen molar-refractivity contribution < 1.29 is 0 Å². The van der Waals surface area contributed by atoms with Crippen LogP contribution >= 0.6 is 12.2 Å². The van der Waals surface area contributed by atoms with E-state index in [1.165, 1.54) is 11.1 Å². The predicted molar refractivity (Wildman–Crippen MR) is 93.4 cm³/mol. The highest BCUT2D eigenvalue weighted by Crippen LogP contribution is 2.26. The first-order valence-electron chi connectivity index (χ1n) is 7.15. The Kier molecular flexibility index (Phi) is 5.20. The van der Waals surface area contributed by atoms with Gasteiger partial charge in [0.15, 0.2) is 5.11 Å². The van der Waals surface area contributed by atoms with E-state index in [-0.39, 0.29) is 11.0 Å². The first-order chi connectivity index (χ1) is 8.98. The fourth-order valence-corrected chi connectivity index (χ4v) is 3.05. The average Bonchev–Trinajstić information content (AvgIpc) is 2.18. The van der Waals surface area contributed by atoms with Gasteiger partial charge in [-0.2, -0.15) is 0 Å². The SMILES string of the molecule is Cc1ccc(NC(=S)NC(C)(C)CC(C)(C)C)cc1C. The molecule has 0 heterocycles. The fourth-order valence-electron chi connectivity index (χ4n) is 2.66. The van der Waals surface area contributed by atoms with Crippen molar-refractivity contribution in [3.63, 3.8) is 0 Å². The summed E-state index contributed by atoms with van der Waals surface area (Å²) in [6.45, 7) is 15.3. The van der Waals surface area contributed by atoms with E-state index in [0.717, 1.165) is 12.1 Å². The molecule has 0 radical (unpaired) electrons. The molecule has 2 nitrogen and oxygen atoms in total. The molecule has 1 aromatic carbocycles. The molecule has 0 aliphatic heterocycles.